The highest BCUT2D eigenvalue weighted by Gasteiger charge is 2.13. The number of amides is 1. The Labute approximate surface area is 139 Å². The fourth-order valence-electron chi connectivity index (χ4n) is 2.02. The quantitative estimate of drug-likeness (QED) is 0.480. The summed E-state index contributed by atoms with van der Waals surface area (Å²) in [6, 6.07) is 10.8. The number of hydrogen-bond acceptors (Lipinski definition) is 5. The van der Waals surface area contributed by atoms with Crippen molar-refractivity contribution in [2.45, 2.75) is 19.8 Å². The maximum Gasteiger partial charge on any atom is 0.271 e. The number of ether oxygens (including phenoxy) is 1. The van der Waals surface area contributed by atoms with Gasteiger partial charge in [0.2, 0.25) is 0 Å². The number of carbonyl (C=O) groups excluding carboxylic acids is 1. The third-order valence-electron chi connectivity index (χ3n) is 3.38. The van der Waals surface area contributed by atoms with E-state index >= 15 is 0 Å². The van der Waals surface area contributed by atoms with Crippen molar-refractivity contribution in [3.63, 3.8) is 0 Å². The molecular weight excluding hydrogens is 312 g/mol. The maximum atomic E-state index is 11.9. The minimum Gasteiger partial charge on any atom is -0.506 e. The molecule has 0 aliphatic heterocycles. The van der Waals surface area contributed by atoms with Crippen LogP contribution in [0.4, 0.5) is 11.4 Å². The van der Waals surface area contributed by atoms with E-state index in [-0.39, 0.29) is 23.7 Å². The second-order valence-corrected chi connectivity index (χ2v) is 5.52. The summed E-state index contributed by atoms with van der Waals surface area (Å²) in [5, 5.41) is 22.8. The van der Waals surface area contributed by atoms with Crippen molar-refractivity contribution >= 4 is 17.3 Å². The Morgan fingerprint density at radius 1 is 1.25 bits per heavy atom. The zero-order chi connectivity index (χ0) is 17.7. The predicted octanol–water partition coefficient (Wildman–Crippen LogP) is 3.44. The van der Waals surface area contributed by atoms with E-state index in [0.717, 1.165) is 23.8 Å². The topological polar surface area (TPSA) is 102 Å². The van der Waals surface area contributed by atoms with Crippen molar-refractivity contribution in [2.75, 3.05) is 11.9 Å². The molecule has 0 aromatic heterocycles. The first-order chi connectivity index (χ1) is 11.4. The molecule has 126 valence electrons. The van der Waals surface area contributed by atoms with E-state index in [4.69, 9.17) is 4.74 Å². The van der Waals surface area contributed by atoms with Crippen molar-refractivity contribution in [1.82, 2.24) is 0 Å². The second-order valence-electron chi connectivity index (χ2n) is 5.52. The molecule has 0 atom stereocenters. The van der Waals surface area contributed by atoms with E-state index in [9.17, 15) is 20.0 Å². The Morgan fingerprint density at radius 2 is 1.92 bits per heavy atom. The number of carbonyl (C=O) groups is 1. The molecule has 0 aliphatic rings. The first-order valence-electron chi connectivity index (χ1n) is 7.37. The number of nitro groups is 1. The van der Waals surface area contributed by atoms with E-state index in [2.05, 4.69) is 19.2 Å². The van der Waals surface area contributed by atoms with Gasteiger partial charge in [0.25, 0.3) is 11.6 Å². The summed E-state index contributed by atoms with van der Waals surface area (Å²) < 4.78 is 5.36. The van der Waals surface area contributed by atoms with E-state index in [1.807, 2.05) is 12.1 Å². The number of non-ortho nitro benzene ring substituents is 1. The Hall–Kier alpha value is -3.09. The molecule has 1 amide bonds. The van der Waals surface area contributed by atoms with Crippen LogP contribution in [0.25, 0.3) is 0 Å². The fourth-order valence-corrected chi connectivity index (χ4v) is 2.02. The zero-order valence-corrected chi connectivity index (χ0v) is 13.4. The standard InChI is InChI=1S/C17H18N2O5/c1-11(2)12-3-6-14(7-4-12)24-10-17(21)18-15-9-13(19(22)23)5-8-16(15)20/h3-9,11,20H,10H2,1-2H3,(H,18,21). The lowest BCUT2D eigenvalue weighted by Crippen LogP contribution is -2.20. The number of nitrogens with one attached hydrogen (secondary N) is 1. The number of nitrogens with zero attached hydrogens (tertiary/aromatic N) is 1. The van der Waals surface area contributed by atoms with Gasteiger partial charge < -0.3 is 15.2 Å². The summed E-state index contributed by atoms with van der Waals surface area (Å²) in [6.45, 7) is 3.88. The Bertz CT molecular complexity index is 741. The molecule has 2 aromatic rings. The molecule has 7 nitrogen and oxygen atoms in total. The molecule has 0 heterocycles. The second kappa shape index (κ2) is 7.45. The summed E-state index contributed by atoms with van der Waals surface area (Å²) in [5.41, 5.74) is 0.898. The van der Waals surface area contributed by atoms with Gasteiger partial charge in [-0.2, -0.15) is 0 Å². The molecule has 2 aromatic carbocycles. The van der Waals surface area contributed by atoms with Gasteiger partial charge >= 0.3 is 0 Å². The Morgan fingerprint density at radius 3 is 2.50 bits per heavy atom. The lowest BCUT2D eigenvalue weighted by molar-refractivity contribution is -0.384. The number of rotatable bonds is 6. The molecular formula is C17H18N2O5. The number of hydrogen-bond donors (Lipinski definition) is 2. The molecule has 24 heavy (non-hydrogen) atoms. The average Bonchev–Trinajstić information content (AvgIpc) is 2.55. The average molecular weight is 330 g/mol. The number of anilines is 1. The van der Waals surface area contributed by atoms with Gasteiger partial charge in [-0.3, -0.25) is 14.9 Å². The van der Waals surface area contributed by atoms with E-state index in [1.54, 1.807) is 12.1 Å². The molecule has 0 fully saturated rings. The van der Waals surface area contributed by atoms with Gasteiger partial charge in [0.05, 0.1) is 10.6 Å². The lowest BCUT2D eigenvalue weighted by atomic mass is 10.0. The molecule has 0 saturated carbocycles. The zero-order valence-electron chi connectivity index (χ0n) is 13.4. The van der Waals surface area contributed by atoms with Crippen molar-refractivity contribution < 1.29 is 19.6 Å². The first-order valence-corrected chi connectivity index (χ1v) is 7.37. The normalized spacial score (nSPS) is 10.5. The molecule has 0 radical (unpaired) electrons. The predicted molar refractivity (Wildman–Crippen MR) is 89.4 cm³/mol. The Kier molecular flexibility index (Phi) is 5.36. The first kappa shape index (κ1) is 17.3. The third-order valence-corrected chi connectivity index (χ3v) is 3.38. The monoisotopic (exact) mass is 330 g/mol. The highest BCUT2D eigenvalue weighted by atomic mass is 16.6. The summed E-state index contributed by atoms with van der Waals surface area (Å²) >= 11 is 0. The fraction of sp³-hybridized carbons (Fsp3) is 0.235. The summed E-state index contributed by atoms with van der Waals surface area (Å²) in [4.78, 5) is 22.0. The number of aromatic hydroxyl groups is 1. The Balaban J connectivity index is 1.96. The number of phenolic OH excluding ortho intramolecular Hbond substituents is 1. The van der Waals surface area contributed by atoms with Gasteiger partial charge in [0, 0.05) is 12.1 Å². The number of phenols is 1. The van der Waals surface area contributed by atoms with Crippen LogP contribution >= 0.6 is 0 Å². The molecule has 2 N–H and O–H groups in total. The molecule has 0 unspecified atom stereocenters. The maximum absolute atomic E-state index is 11.9. The highest BCUT2D eigenvalue weighted by Crippen LogP contribution is 2.27. The van der Waals surface area contributed by atoms with Crippen molar-refractivity contribution in [3.05, 3.63) is 58.1 Å². The van der Waals surface area contributed by atoms with E-state index < -0.39 is 10.8 Å². The van der Waals surface area contributed by atoms with Crippen molar-refractivity contribution in [1.29, 1.82) is 0 Å². The van der Waals surface area contributed by atoms with Gasteiger partial charge in [-0.05, 0) is 29.7 Å². The van der Waals surface area contributed by atoms with Crippen LogP contribution in [0.5, 0.6) is 11.5 Å². The number of nitro benzene ring substituents is 1. The lowest BCUT2D eigenvalue weighted by Gasteiger charge is -2.10. The van der Waals surface area contributed by atoms with Gasteiger partial charge in [0.1, 0.15) is 11.5 Å². The van der Waals surface area contributed by atoms with Crippen molar-refractivity contribution in [2.24, 2.45) is 0 Å². The van der Waals surface area contributed by atoms with Crippen LogP contribution in [-0.2, 0) is 4.79 Å². The van der Waals surface area contributed by atoms with Crippen LogP contribution in [0, 0.1) is 10.1 Å². The van der Waals surface area contributed by atoms with E-state index in [0.29, 0.717) is 11.7 Å². The SMILES string of the molecule is CC(C)c1ccc(OCC(=O)Nc2cc([N+](=O)[O-])ccc2O)cc1. The smallest absolute Gasteiger partial charge is 0.271 e. The molecule has 7 heteroatoms. The minimum atomic E-state index is -0.609. The van der Waals surface area contributed by atoms with Crippen LogP contribution in [0.15, 0.2) is 42.5 Å². The van der Waals surface area contributed by atoms with Crippen LogP contribution < -0.4 is 10.1 Å². The summed E-state index contributed by atoms with van der Waals surface area (Å²) in [7, 11) is 0. The molecule has 0 aliphatic carbocycles. The summed E-state index contributed by atoms with van der Waals surface area (Å²) in [6.07, 6.45) is 0. The van der Waals surface area contributed by atoms with Crippen LogP contribution in [0.1, 0.15) is 25.3 Å². The van der Waals surface area contributed by atoms with Crippen molar-refractivity contribution in [3.8, 4) is 11.5 Å². The largest absolute Gasteiger partial charge is 0.506 e. The van der Waals surface area contributed by atoms with Crippen LogP contribution in [0.2, 0.25) is 0 Å². The van der Waals surface area contributed by atoms with Gasteiger partial charge in [-0.1, -0.05) is 26.0 Å². The number of benzene rings is 2. The van der Waals surface area contributed by atoms with E-state index in [1.165, 1.54) is 0 Å². The van der Waals surface area contributed by atoms with Gasteiger partial charge in [-0.25, -0.2) is 0 Å². The van der Waals surface area contributed by atoms with Crippen LogP contribution in [-0.4, -0.2) is 22.5 Å². The van der Waals surface area contributed by atoms with Gasteiger partial charge in [0.15, 0.2) is 6.61 Å². The minimum absolute atomic E-state index is 0.0343. The molecule has 0 bridgehead atoms. The third kappa shape index (κ3) is 4.45. The highest BCUT2D eigenvalue weighted by molar-refractivity contribution is 5.93. The molecule has 0 spiro atoms. The molecule has 2 rings (SSSR count). The van der Waals surface area contributed by atoms with Gasteiger partial charge in [-0.15, -0.1) is 0 Å². The molecule has 0 saturated heterocycles. The summed E-state index contributed by atoms with van der Waals surface area (Å²) in [5.74, 6) is 0.158. The van der Waals surface area contributed by atoms with Crippen LogP contribution in [0.3, 0.4) is 0 Å².